The molecule has 0 saturated carbocycles. The van der Waals surface area contributed by atoms with Gasteiger partial charge in [0.15, 0.2) is 0 Å². The number of nitro groups is 1. The fourth-order valence-corrected chi connectivity index (χ4v) is 1.12. The van der Waals surface area contributed by atoms with Gasteiger partial charge in [0, 0.05) is 11.3 Å². The molecule has 0 radical (unpaired) electrons. The van der Waals surface area contributed by atoms with Crippen molar-refractivity contribution in [1.82, 2.24) is 0 Å². The molecule has 0 aliphatic heterocycles. The molecular formula is C9H11NO3. The summed E-state index contributed by atoms with van der Waals surface area (Å²) in [5.74, 6) is 0.207. The third-order valence-corrected chi connectivity index (χ3v) is 1.72. The second-order valence-corrected chi connectivity index (χ2v) is 2.83. The minimum absolute atomic E-state index is 0.0182. The Hall–Kier alpha value is -1.58. The maximum Gasteiger partial charge on any atom is 0.204 e. The molecule has 0 spiro atoms. The van der Waals surface area contributed by atoms with E-state index in [-0.39, 0.29) is 17.2 Å². The summed E-state index contributed by atoms with van der Waals surface area (Å²) in [5.41, 5.74) is 0.932. The van der Waals surface area contributed by atoms with Crippen molar-refractivity contribution in [3.8, 4) is 5.75 Å². The number of hydrogen-bond acceptors (Lipinski definition) is 3. The van der Waals surface area contributed by atoms with Crippen molar-refractivity contribution in [1.29, 1.82) is 0 Å². The summed E-state index contributed by atoms with van der Waals surface area (Å²) in [5, 5.41) is 19.1. The second kappa shape index (κ2) is 4.45. The first kappa shape index (κ1) is 9.51. The predicted octanol–water partition coefficient (Wildman–Crippen LogP) is 1.60. The monoisotopic (exact) mass is 181 g/mol. The van der Waals surface area contributed by atoms with Gasteiger partial charge < -0.3 is 5.11 Å². The molecule has 0 atom stereocenters. The minimum atomic E-state index is -0.331. The highest BCUT2D eigenvalue weighted by molar-refractivity contribution is 5.27. The molecule has 0 bridgehead atoms. The molecule has 0 fully saturated rings. The number of aryl methyl sites for hydroxylation is 1. The van der Waals surface area contributed by atoms with Gasteiger partial charge in [0.2, 0.25) is 6.54 Å². The predicted molar refractivity (Wildman–Crippen MR) is 48.3 cm³/mol. The summed E-state index contributed by atoms with van der Waals surface area (Å²) in [6, 6.07) is 6.79. The van der Waals surface area contributed by atoms with Gasteiger partial charge in [-0.15, -0.1) is 0 Å². The van der Waals surface area contributed by atoms with Crippen LogP contribution in [0, 0.1) is 10.1 Å². The number of rotatable bonds is 4. The first-order chi connectivity index (χ1) is 6.18. The number of phenolic OH excluding ortho intramolecular Hbond substituents is 1. The number of benzene rings is 1. The van der Waals surface area contributed by atoms with Crippen LogP contribution < -0.4 is 0 Å². The van der Waals surface area contributed by atoms with E-state index in [4.69, 9.17) is 5.11 Å². The lowest BCUT2D eigenvalue weighted by atomic mass is 10.1. The Bertz CT molecular complexity index is 299. The highest BCUT2D eigenvalue weighted by Gasteiger charge is 1.99. The van der Waals surface area contributed by atoms with Crippen LogP contribution >= 0.6 is 0 Å². The van der Waals surface area contributed by atoms with Crippen molar-refractivity contribution in [2.24, 2.45) is 0 Å². The van der Waals surface area contributed by atoms with Gasteiger partial charge in [-0.25, -0.2) is 0 Å². The van der Waals surface area contributed by atoms with Crippen LogP contribution in [0.4, 0.5) is 0 Å². The van der Waals surface area contributed by atoms with Crippen molar-refractivity contribution in [2.45, 2.75) is 12.8 Å². The molecule has 0 aliphatic carbocycles. The summed E-state index contributed by atoms with van der Waals surface area (Å²) in [6.45, 7) is -0.0182. The number of aromatic hydroxyl groups is 1. The lowest BCUT2D eigenvalue weighted by molar-refractivity contribution is -0.480. The van der Waals surface area contributed by atoms with E-state index in [1.807, 2.05) is 6.07 Å². The Morgan fingerprint density at radius 2 is 2.23 bits per heavy atom. The standard InChI is InChI=1S/C9H11NO3/c11-9-5-1-3-8(7-9)4-2-6-10(12)13/h1,3,5,7,11H,2,4,6H2. The van der Waals surface area contributed by atoms with E-state index in [0.29, 0.717) is 12.8 Å². The molecule has 13 heavy (non-hydrogen) atoms. The maximum absolute atomic E-state index is 10.0. The van der Waals surface area contributed by atoms with E-state index in [1.54, 1.807) is 18.2 Å². The summed E-state index contributed by atoms with van der Waals surface area (Å²) < 4.78 is 0. The lowest BCUT2D eigenvalue weighted by Crippen LogP contribution is -2.01. The molecule has 4 nitrogen and oxygen atoms in total. The van der Waals surface area contributed by atoms with Gasteiger partial charge in [-0.2, -0.15) is 0 Å². The van der Waals surface area contributed by atoms with Crippen LogP contribution in [-0.2, 0) is 6.42 Å². The number of phenols is 1. The van der Waals surface area contributed by atoms with Crippen LogP contribution in [0.2, 0.25) is 0 Å². The van der Waals surface area contributed by atoms with Crippen molar-refractivity contribution >= 4 is 0 Å². The molecule has 1 aromatic carbocycles. The fraction of sp³-hybridized carbons (Fsp3) is 0.333. The topological polar surface area (TPSA) is 63.4 Å². The largest absolute Gasteiger partial charge is 0.508 e. The van der Waals surface area contributed by atoms with Crippen LogP contribution in [0.1, 0.15) is 12.0 Å². The van der Waals surface area contributed by atoms with E-state index in [0.717, 1.165) is 5.56 Å². The van der Waals surface area contributed by atoms with Gasteiger partial charge in [-0.3, -0.25) is 10.1 Å². The average molecular weight is 181 g/mol. The SMILES string of the molecule is O=[N+]([O-])CCCc1cccc(O)c1. The molecule has 1 N–H and O–H groups in total. The zero-order valence-electron chi connectivity index (χ0n) is 7.14. The van der Waals surface area contributed by atoms with Crippen LogP contribution in [0.3, 0.4) is 0 Å². The number of hydrogen-bond donors (Lipinski definition) is 1. The molecule has 0 amide bonds. The van der Waals surface area contributed by atoms with Gasteiger partial charge in [0.05, 0.1) is 0 Å². The summed E-state index contributed by atoms with van der Waals surface area (Å²) in [7, 11) is 0. The first-order valence-corrected chi connectivity index (χ1v) is 4.08. The normalized spacial score (nSPS) is 9.85. The zero-order chi connectivity index (χ0) is 9.68. The summed E-state index contributed by atoms with van der Waals surface area (Å²) in [6.07, 6.45) is 1.14. The Labute approximate surface area is 76.0 Å². The van der Waals surface area contributed by atoms with E-state index in [2.05, 4.69) is 0 Å². The third-order valence-electron chi connectivity index (χ3n) is 1.72. The van der Waals surface area contributed by atoms with Crippen LogP contribution in [-0.4, -0.2) is 16.6 Å². The molecule has 0 heterocycles. The van der Waals surface area contributed by atoms with E-state index >= 15 is 0 Å². The van der Waals surface area contributed by atoms with Crippen molar-refractivity contribution < 1.29 is 10.0 Å². The van der Waals surface area contributed by atoms with Crippen molar-refractivity contribution in [3.63, 3.8) is 0 Å². The Kier molecular flexibility index (Phi) is 3.25. The molecule has 0 saturated heterocycles. The summed E-state index contributed by atoms with van der Waals surface area (Å²) in [4.78, 5) is 9.68. The van der Waals surface area contributed by atoms with Gasteiger partial charge in [0.1, 0.15) is 5.75 Å². The quantitative estimate of drug-likeness (QED) is 0.566. The maximum atomic E-state index is 10.0. The highest BCUT2D eigenvalue weighted by Crippen LogP contribution is 2.12. The van der Waals surface area contributed by atoms with Gasteiger partial charge >= 0.3 is 0 Å². The molecule has 0 aromatic heterocycles. The fourth-order valence-electron chi connectivity index (χ4n) is 1.12. The molecule has 70 valence electrons. The number of nitrogens with zero attached hydrogens (tertiary/aromatic N) is 1. The molecule has 0 unspecified atom stereocenters. The molecule has 0 aliphatic rings. The van der Waals surface area contributed by atoms with Crippen LogP contribution in [0.25, 0.3) is 0 Å². The smallest absolute Gasteiger partial charge is 0.204 e. The van der Waals surface area contributed by atoms with Gasteiger partial charge in [0.25, 0.3) is 0 Å². The zero-order valence-corrected chi connectivity index (χ0v) is 7.14. The van der Waals surface area contributed by atoms with Crippen molar-refractivity contribution in [3.05, 3.63) is 39.9 Å². The van der Waals surface area contributed by atoms with Crippen LogP contribution in [0.5, 0.6) is 5.75 Å². The molecule has 4 heteroatoms. The third kappa shape index (κ3) is 3.55. The van der Waals surface area contributed by atoms with Gasteiger partial charge in [-0.1, -0.05) is 12.1 Å². The minimum Gasteiger partial charge on any atom is -0.508 e. The van der Waals surface area contributed by atoms with Crippen LogP contribution in [0.15, 0.2) is 24.3 Å². The average Bonchev–Trinajstić information content (AvgIpc) is 2.03. The molecule has 1 aromatic rings. The van der Waals surface area contributed by atoms with Gasteiger partial charge in [-0.05, 0) is 24.1 Å². The second-order valence-electron chi connectivity index (χ2n) is 2.83. The Morgan fingerprint density at radius 3 is 2.85 bits per heavy atom. The Balaban J connectivity index is 2.41. The summed E-state index contributed by atoms with van der Waals surface area (Å²) >= 11 is 0. The highest BCUT2D eigenvalue weighted by atomic mass is 16.6. The van der Waals surface area contributed by atoms with E-state index in [1.165, 1.54) is 0 Å². The lowest BCUT2D eigenvalue weighted by Gasteiger charge is -1.98. The molecular weight excluding hydrogens is 170 g/mol. The molecule has 1 rings (SSSR count). The van der Waals surface area contributed by atoms with E-state index < -0.39 is 0 Å². The Morgan fingerprint density at radius 1 is 1.46 bits per heavy atom. The van der Waals surface area contributed by atoms with Crippen molar-refractivity contribution in [2.75, 3.05) is 6.54 Å². The first-order valence-electron chi connectivity index (χ1n) is 4.08. The van der Waals surface area contributed by atoms with E-state index in [9.17, 15) is 10.1 Å².